The Balaban J connectivity index is 1.72. The summed E-state index contributed by atoms with van der Waals surface area (Å²) in [6.07, 6.45) is -0.783. The summed E-state index contributed by atoms with van der Waals surface area (Å²) in [5.41, 5.74) is -0.273. The highest BCUT2D eigenvalue weighted by Gasteiger charge is 2.33. The minimum absolute atomic E-state index is 0.00772. The van der Waals surface area contributed by atoms with E-state index in [1.807, 2.05) is 6.92 Å². The third-order valence-electron chi connectivity index (χ3n) is 4.23. The zero-order chi connectivity index (χ0) is 21.7. The van der Waals surface area contributed by atoms with Crippen molar-refractivity contribution in [3.8, 4) is 17.5 Å². The fraction of sp³-hybridized carbons (Fsp3) is 0.286. The minimum atomic E-state index is -4.53. The molecule has 0 aliphatic carbocycles. The van der Waals surface area contributed by atoms with Gasteiger partial charge in [0.25, 0.3) is 5.88 Å². The van der Waals surface area contributed by atoms with E-state index in [0.717, 1.165) is 12.1 Å². The van der Waals surface area contributed by atoms with E-state index in [0.29, 0.717) is 23.7 Å². The Bertz CT molecular complexity index is 1030. The van der Waals surface area contributed by atoms with Crippen molar-refractivity contribution in [2.24, 2.45) is 0 Å². The van der Waals surface area contributed by atoms with Crippen molar-refractivity contribution in [3.05, 3.63) is 71.1 Å². The van der Waals surface area contributed by atoms with Gasteiger partial charge in [-0.05, 0) is 30.2 Å². The molecule has 0 aliphatic heterocycles. The van der Waals surface area contributed by atoms with E-state index in [4.69, 9.17) is 9.47 Å². The zero-order valence-electron chi connectivity index (χ0n) is 16.3. The van der Waals surface area contributed by atoms with Gasteiger partial charge >= 0.3 is 6.18 Å². The molecular formula is C21H19F4N3O2. The first-order valence-corrected chi connectivity index (χ1v) is 9.27. The fourth-order valence-electron chi connectivity index (χ4n) is 2.71. The fourth-order valence-corrected chi connectivity index (χ4v) is 2.71. The van der Waals surface area contributed by atoms with Gasteiger partial charge in [0, 0.05) is 30.4 Å². The van der Waals surface area contributed by atoms with Crippen molar-refractivity contribution < 1.29 is 27.0 Å². The lowest BCUT2D eigenvalue weighted by molar-refractivity contribution is -0.138. The number of rotatable bonds is 7. The van der Waals surface area contributed by atoms with Crippen molar-refractivity contribution in [1.29, 1.82) is 0 Å². The van der Waals surface area contributed by atoms with Crippen LogP contribution in [0.1, 0.15) is 36.4 Å². The van der Waals surface area contributed by atoms with Gasteiger partial charge in [0.2, 0.25) is 5.88 Å². The summed E-state index contributed by atoms with van der Waals surface area (Å²) < 4.78 is 64.7. The Labute approximate surface area is 170 Å². The Morgan fingerprint density at radius 2 is 1.80 bits per heavy atom. The van der Waals surface area contributed by atoms with Crippen LogP contribution < -0.4 is 9.47 Å². The number of hydrogen-bond donors (Lipinski definition) is 0. The van der Waals surface area contributed by atoms with E-state index >= 15 is 0 Å². The molecule has 9 heteroatoms. The van der Waals surface area contributed by atoms with Gasteiger partial charge in [-0.1, -0.05) is 19.9 Å². The lowest BCUT2D eigenvalue weighted by Crippen LogP contribution is -2.09. The van der Waals surface area contributed by atoms with Crippen molar-refractivity contribution in [3.63, 3.8) is 0 Å². The molecule has 158 valence electrons. The van der Waals surface area contributed by atoms with Crippen LogP contribution >= 0.6 is 0 Å². The molecule has 5 nitrogen and oxygen atoms in total. The number of halogens is 4. The summed E-state index contributed by atoms with van der Waals surface area (Å²) in [5.74, 6) is -0.429. The van der Waals surface area contributed by atoms with Crippen LogP contribution in [-0.2, 0) is 25.6 Å². The van der Waals surface area contributed by atoms with Crippen LogP contribution in [0.2, 0.25) is 0 Å². The first-order chi connectivity index (χ1) is 14.3. The highest BCUT2D eigenvalue weighted by atomic mass is 19.4. The largest absolute Gasteiger partial charge is 0.473 e. The second-order valence-corrected chi connectivity index (χ2v) is 6.36. The second kappa shape index (κ2) is 9.06. The Morgan fingerprint density at radius 3 is 2.47 bits per heavy atom. The molecule has 3 rings (SSSR count). The number of alkyl halides is 3. The van der Waals surface area contributed by atoms with Gasteiger partial charge in [-0.3, -0.25) is 0 Å². The molecule has 2 heterocycles. The molecule has 3 aromatic rings. The van der Waals surface area contributed by atoms with Gasteiger partial charge in [-0.15, -0.1) is 0 Å². The number of aromatic nitrogens is 3. The smallest absolute Gasteiger partial charge is 0.416 e. The summed E-state index contributed by atoms with van der Waals surface area (Å²) >= 11 is 0. The molecule has 0 fully saturated rings. The number of pyridine rings is 1. The molecule has 30 heavy (non-hydrogen) atoms. The molecule has 0 atom stereocenters. The van der Waals surface area contributed by atoms with Crippen LogP contribution in [0.5, 0.6) is 17.5 Å². The molecule has 1 aromatic carbocycles. The average molecular weight is 421 g/mol. The van der Waals surface area contributed by atoms with Crippen molar-refractivity contribution in [2.75, 3.05) is 0 Å². The Morgan fingerprint density at radius 1 is 1.00 bits per heavy atom. The molecule has 0 radical (unpaired) electrons. The van der Waals surface area contributed by atoms with E-state index in [2.05, 4.69) is 15.0 Å². The first-order valence-electron chi connectivity index (χ1n) is 9.27. The molecule has 0 unspecified atom stereocenters. The summed E-state index contributed by atoms with van der Waals surface area (Å²) in [6.45, 7) is 3.54. The number of benzene rings is 1. The lowest BCUT2D eigenvalue weighted by atomic mass is 10.0. The summed E-state index contributed by atoms with van der Waals surface area (Å²) in [5, 5.41) is 0. The molecule has 0 saturated carbocycles. The van der Waals surface area contributed by atoms with Crippen LogP contribution in [0.15, 0.2) is 42.7 Å². The topological polar surface area (TPSA) is 57.1 Å². The van der Waals surface area contributed by atoms with Crippen LogP contribution in [0, 0.1) is 5.82 Å². The van der Waals surface area contributed by atoms with Crippen LogP contribution in [0.25, 0.3) is 0 Å². The second-order valence-electron chi connectivity index (χ2n) is 6.36. The van der Waals surface area contributed by atoms with Crippen molar-refractivity contribution in [2.45, 2.75) is 39.5 Å². The van der Waals surface area contributed by atoms with E-state index in [-0.39, 0.29) is 24.3 Å². The standard InChI is InChI=1S/C21H19F4N3O2/c1-3-14-5-6-15(10-16(14)21(23,24)25)30-20-17(22)9-13(11-27-20)12-29-19-7-8-26-18(4-2)28-19/h5-11H,3-4,12H2,1-2H3. The Hall–Kier alpha value is -3.23. The van der Waals surface area contributed by atoms with Crippen molar-refractivity contribution >= 4 is 0 Å². The molecular weight excluding hydrogens is 402 g/mol. The maximum Gasteiger partial charge on any atom is 0.416 e. The van der Waals surface area contributed by atoms with Crippen LogP contribution in [0.3, 0.4) is 0 Å². The molecule has 0 amide bonds. The van der Waals surface area contributed by atoms with Gasteiger partial charge in [0.1, 0.15) is 18.2 Å². The monoisotopic (exact) mass is 421 g/mol. The number of nitrogens with zero attached hydrogens (tertiary/aromatic N) is 3. The van der Waals surface area contributed by atoms with E-state index in [1.165, 1.54) is 18.3 Å². The molecule has 2 aromatic heterocycles. The Kier molecular flexibility index (Phi) is 6.49. The molecule has 0 bridgehead atoms. The number of hydrogen-bond acceptors (Lipinski definition) is 5. The van der Waals surface area contributed by atoms with Crippen LogP contribution in [-0.4, -0.2) is 15.0 Å². The van der Waals surface area contributed by atoms with Gasteiger partial charge in [-0.25, -0.2) is 14.4 Å². The lowest BCUT2D eigenvalue weighted by Gasteiger charge is -2.14. The predicted octanol–water partition coefficient (Wildman–Crippen LogP) is 5.53. The van der Waals surface area contributed by atoms with E-state index < -0.39 is 23.4 Å². The molecule has 0 saturated heterocycles. The quantitative estimate of drug-likeness (QED) is 0.470. The SMILES string of the molecule is CCc1nccc(OCc2cnc(Oc3ccc(CC)c(C(F)(F)F)c3)c(F)c2)n1. The average Bonchev–Trinajstić information content (AvgIpc) is 2.73. The van der Waals surface area contributed by atoms with Gasteiger partial charge in [-0.2, -0.15) is 18.2 Å². The third-order valence-corrected chi connectivity index (χ3v) is 4.23. The summed E-state index contributed by atoms with van der Waals surface area (Å²) in [4.78, 5) is 12.1. The maximum absolute atomic E-state index is 14.4. The minimum Gasteiger partial charge on any atom is -0.473 e. The zero-order valence-corrected chi connectivity index (χ0v) is 16.3. The molecule has 0 N–H and O–H groups in total. The predicted molar refractivity (Wildman–Crippen MR) is 101 cm³/mol. The highest BCUT2D eigenvalue weighted by Crippen LogP contribution is 2.36. The van der Waals surface area contributed by atoms with Crippen molar-refractivity contribution in [1.82, 2.24) is 15.0 Å². The third kappa shape index (κ3) is 5.22. The van der Waals surface area contributed by atoms with E-state index in [1.54, 1.807) is 19.2 Å². The normalized spacial score (nSPS) is 11.4. The number of ether oxygens (including phenoxy) is 2. The highest BCUT2D eigenvalue weighted by molar-refractivity contribution is 5.39. The molecule has 0 spiro atoms. The van der Waals surface area contributed by atoms with Gasteiger partial charge < -0.3 is 9.47 Å². The summed E-state index contributed by atoms with van der Waals surface area (Å²) in [7, 11) is 0. The maximum atomic E-state index is 14.4. The summed E-state index contributed by atoms with van der Waals surface area (Å²) in [6, 6.07) is 6.24. The molecule has 0 aliphatic rings. The van der Waals surface area contributed by atoms with Gasteiger partial charge in [0.05, 0.1) is 5.56 Å². The van der Waals surface area contributed by atoms with Gasteiger partial charge in [0.15, 0.2) is 5.82 Å². The van der Waals surface area contributed by atoms with Crippen LogP contribution in [0.4, 0.5) is 17.6 Å². The first kappa shape index (κ1) is 21.5. The van der Waals surface area contributed by atoms with E-state index in [9.17, 15) is 17.6 Å². The number of aryl methyl sites for hydroxylation is 2.